The molecule has 1 fully saturated rings. The molecule has 144 valence electrons. The number of carbonyl (C=O) groups excluding carboxylic acids is 2. The number of carbonyl (C=O) groups is 2. The minimum absolute atomic E-state index is 0.0353. The first-order chi connectivity index (χ1) is 12.2. The van der Waals surface area contributed by atoms with Gasteiger partial charge in [0, 0.05) is 32.7 Å². The van der Waals surface area contributed by atoms with Crippen LogP contribution < -0.4 is 10.1 Å². The minimum Gasteiger partial charge on any atom is -0.496 e. The van der Waals surface area contributed by atoms with Gasteiger partial charge in [0.25, 0.3) is 5.91 Å². The average molecular weight is 361 g/mol. The van der Waals surface area contributed by atoms with Crippen LogP contribution in [0.2, 0.25) is 0 Å². The van der Waals surface area contributed by atoms with Crippen molar-refractivity contribution < 1.29 is 14.3 Å². The highest BCUT2D eigenvalue weighted by molar-refractivity contribution is 5.97. The maximum Gasteiger partial charge on any atom is 0.317 e. The van der Waals surface area contributed by atoms with Crippen molar-refractivity contribution in [3.05, 3.63) is 29.3 Å². The summed E-state index contributed by atoms with van der Waals surface area (Å²) >= 11 is 0. The van der Waals surface area contributed by atoms with Crippen molar-refractivity contribution in [1.82, 2.24) is 15.1 Å². The van der Waals surface area contributed by atoms with Crippen molar-refractivity contribution in [2.45, 2.75) is 34.1 Å². The number of ether oxygens (including phenoxy) is 1. The van der Waals surface area contributed by atoms with Crippen molar-refractivity contribution in [3.8, 4) is 5.75 Å². The summed E-state index contributed by atoms with van der Waals surface area (Å²) < 4.78 is 5.36. The molecule has 0 atom stereocenters. The molecule has 0 aromatic heterocycles. The fraction of sp³-hybridized carbons (Fsp3) is 0.600. The van der Waals surface area contributed by atoms with Crippen LogP contribution in [0.15, 0.2) is 18.2 Å². The molecule has 0 unspecified atom stereocenters. The quantitative estimate of drug-likeness (QED) is 0.897. The molecule has 1 aromatic carbocycles. The van der Waals surface area contributed by atoms with E-state index in [2.05, 4.69) is 33.0 Å². The van der Waals surface area contributed by atoms with Gasteiger partial charge in [0.05, 0.1) is 12.7 Å². The van der Waals surface area contributed by atoms with Gasteiger partial charge in [0.1, 0.15) is 5.75 Å². The molecule has 6 heteroatoms. The number of nitrogens with one attached hydrogen (secondary N) is 1. The molecule has 0 radical (unpaired) electrons. The second-order valence-corrected chi connectivity index (χ2v) is 7.89. The van der Waals surface area contributed by atoms with E-state index < -0.39 is 0 Å². The number of rotatable bonds is 4. The molecule has 0 saturated carbocycles. The van der Waals surface area contributed by atoms with Crippen molar-refractivity contribution in [2.75, 3.05) is 39.8 Å². The first kappa shape index (κ1) is 20.1. The van der Waals surface area contributed by atoms with Crippen molar-refractivity contribution in [1.29, 1.82) is 0 Å². The Kier molecular flexibility index (Phi) is 6.51. The molecule has 0 spiro atoms. The third kappa shape index (κ3) is 5.13. The predicted molar refractivity (Wildman–Crippen MR) is 103 cm³/mol. The van der Waals surface area contributed by atoms with Crippen LogP contribution in [-0.4, -0.2) is 61.6 Å². The van der Waals surface area contributed by atoms with E-state index in [9.17, 15) is 9.59 Å². The van der Waals surface area contributed by atoms with Crippen molar-refractivity contribution in [2.24, 2.45) is 5.41 Å². The van der Waals surface area contributed by atoms with Gasteiger partial charge in [0.15, 0.2) is 0 Å². The lowest BCUT2D eigenvalue weighted by Gasteiger charge is -2.35. The van der Waals surface area contributed by atoms with Gasteiger partial charge in [-0.25, -0.2) is 4.79 Å². The zero-order chi connectivity index (χ0) is 19.3. The van der Waals surface area contributed by atoms with E-state index in [1.807, 2.05) is 18.2 Å². The van der Waals surface area contributed by atoms with E-state index in [0.29, 0.717) is 44.0 Å². The second-order valence-electron chi connectivity index (χ2n) is 7.89. The van der Waals surface area contributed by atoms with E-state index in [1.165, 1.54) is 0 Å². The highest BCUT2D eigenvalue weighted by Crippen LogP contribution is 2.22. The first-order valence-electron chi connectivity index (χ1n) is 9.24. The largest absolute Gasteiger partial charge is 0.496 e. The summed E-state index contributed by atoms with van der Waals surface area (Å²) in [5.41, 5.74) is 1.75. The zero-order valence-electron chi connectivity index (χ0n) is 16.6. The SMILES string of the molecule is CCc1ccc(OC)c(C(=O)N2CCN(C(=O)NCC(C)(C)C)CC2)c1. The lowest BCUT2D eigenvalue weighted by molar-refractivity contribution is 0.0660. The van der Waals surface area contributed by atoms with E-state index in [0.717, 1.165) is 12.0 Å². The van der Waals surface area contributed by atoms with Crippen LogP contribution >= 0.6 is 0 Å². The molecule has 26 heavy (non-hydrogen) atoms. The lowest BCUT2D eigenvalue weighted by Crippen LogP contribution is -2.53. The van der Waals surface area contributed by atoms with Crippen molar-refractivity contribution >= 4 is 11.9 Å². The summed E-state index contributed by atoms with van der Waals surface area (Å²) in [5, 5.41) is 2.96. The van der Waals surface area contributed by atoms with Gasteiger partial charge in [-0.3, -0.25) is 4.79 Å². The number of piperazine rings is 1. The van der Waals surface area contributed by atoms with Gasteiger partial charge in [0.2, 0.25) is 0 Å². The molecule has 2 rings (SSSR count). The topological polar surface area (TPSA) is 61.9 Å². The van der Waals surface area contributed by atoms with Crippen LogP contribution in [0.25, 0.3) is 0 Å². The van der Waals surface area contributed by atoms with E-state index in [-0.39, 0.29) is 17.4 Å². The van der Waals surface area contributed by atoms with Gasteiger partial charge < -0.3 is 19.9 Å². The van der Waals surface area contributed by atoms with E-state index in [1.54, 1.807) is 16.9 Å². The summed E-state index contributed by atoms with van der Waals surface area (Å²) in [6, 6.07) is 5.68. The number of urea groups is 1. The Morgan fingerprint density at radius 2 is 1.73 bits per heavy atom. The Morgan fingerprint density at radius 3 is 2.27 bits per heavy atom. The molecule has 1 aliphatic heterocycles. The molecule has 1 aromatic rings. The molecule has 1 aliphatic rings. The lowest BCUT2D eigenvalue weighted by atomic mass is 9.97. The zero-order valence-corrected chi connectivity index (χ0v) is 16.6. The van der Waals surface area contributed by atoms with E-state index in [4.69, 9.17) is 4.74 Å². The molecule has 1 N–H and O–H groups in total. The number of aryl methyl sites for hydroxylation is 1. The number of hydrogen-bond donors (Lipinski definition) is 1. The van der Waals surface area contributed by atoms with Crippen LogP contribution in [0.5, 0.6) is 5.75 Å². The number of amides is 3. The Hall–Kier alpha value is -2.24. The fourth-order valence-electron chi connectivity index (χ4n) is 2.88. The molecular weight excluding hydrogens is 330 g/mol. The van der Waals surface area contributed by atoms with Crippen LogP contribution in [0, 0.1) is 5.41 Å². The van der Waals surface area contributed by atoms with Crippen LogP contribution in [0.3, 0.4) is 0 Å². The summed E-state index contributed by atoms with van der Waals surface area (Å²) in [7, 11) is 1.58. The van der Waals surface area contributed by atoms with Crippen LogP contribution in [-0.2, 0) is 6.42 Å². The molecule has 6 nitrogen and oxygen atoms in total. The maximum atomic E-state index is 12.9. The third-order valence-electron chi connectivity index (χ3n) is 4.53. The van der Waals surface area contributed by atoms with Crippen LogP contribution in [0.1, 0.15) is 43.6 Å². The first-order valence-corrected chi connectivity index (χ1v) is 9.24. The highest BCUT2D eigenvalue weighted by Gasteiger charge is 2.27. The normalized spacial score (nSPS) is 15.0. The summed E-state index contributed by atoms with van der Waals surface area (Å²) in [5.74, 6) is 0.560. The molecule has 1 saturated heterocycles. The Bertz CT molecular complexity index is 644. The van der Waals surface area contributed by atoms with E-state index >= 15 is 0 Å². The van der Waals surface area contributed by atoms with Gasteiger partial charge in [-0.2, -0.15) is 0 Å². The Morgan fingerprint density at radius 1 is 1.12 bits per heavy atom. The number of benzene rings is 1. The molecular formula is C20H31N3O3. The fourth-order valence-corrected chi connectivity index (χ4v) is 2.88. The molecule has 0 aliphatic carbocycles. The second kappa shape index (κ2) is 8.43. The number of hydrogen-bond acceptors (Lipinski definition) is 3. The van der Waals surface area contributed by atoms with Gasteiger partial charge in [-0.1, -0.05) is 33.8 Å². The van der Waals surface area contributed by atoms with Gasteiger partial charge >= 0.3 is 6.03 Å². The minimum atomic E-state index is -0.0578. The predicted octanol–water partition coefficient (Wildman–Crippen LogP) is 2.77. The van der Waals surface area contributed by atoms with Crippen LogP contribution in [0.4, 0.5) is 4.79 Å². The van der Waals surface area contributed by atoms with Gasteiger partial charge in [-0.15, -0.1) is 0 Å². The Balaban J connectivity index is 1.97. The van der Waals surface area contributed by atoms with Crippen molar-refractivity contribution in [3.63, 3.8) is 0 Å². The smallest absolute Gasteiger partial charge is 0.317 e. The number of nitrogens with zero attached hydrogens (tertiary/aromatic N) is 2. The Labute approximate surface area is 156 Å². The monoisotopic (exact) mass is 361 g/mol. The average Bonchev–Trinajstić information content (AvgIpc) is 2.64. The summed E-state index contributed by atoms with van der Waals surface area (Å²) in [6.45, 7) is 11.1. The maximum absolute atomic E-state index is 12.9. The third-order valence-corrected chi connectivity index (χ3v) is 4.53. The molecule has 1 heterocycles. The standard InChI is InChI=1S/C20H31N3O3/c1-6-15-7-8-17(26-5)16(13-15)18(24)22-9-11-23(12-10-22)19(25)21-14-20(2,3)4/h7-8,13H,6,9-12,14H2,1-5H3,(H,21,25). The summed E-state index contributed by atoms with van der Waals surface area (Å²) in [6.07, 6.45) is 0.867. The summed E-state index contributed by atoms with van der Waals surface area (Å²) in [4.78, 5) is 28.7. The van der Waals surface area contributed by atoms with Gasteiger partial charge in [-0.05, 0) is 29.5 Å². The molecule has 0 bridgehead atoms. The molecule has 3 amide bonds. The highest BCUT2D eigenvalue weighted by atomic mass is 16.5. The number of methoxy groups -OCH3 is 1.